The predicted octanol–water partition coefficient (Wildman–Crippen LogP) is 4.18. The van der Waals surface area contributed by atoms with Crippen LogP contribution in [0.15, 0.2) is 53.5 Å². The maximum absolute atomic E-state index is 12.1. The lowest BCUT2D eigenvalue weighted by molar-refractivity contribution is 0.0516. The fourth-order valence-electron chi connectivity index (χ4n) is 2.33. The fraction of sp³-hybridized carbons (Fsp3) is 0.250. The molecule has 0 saturated carbocycles. The molecule has 0 aliphatic carbocycles. The SMILES string of the molecule is CCOC(=O)c1ccc(/N=C(\C)c2ccccc2C(=O)OCC)cc1. The van der Waals surface area contributed by atoms with E-state index in [0.717, 1.165) is 5.56 Å². The van der Waals surface area contributed by atoms with Gasteiger partial charge in [-0.2, -0.15) is 0 Å². The van der Waals surface area contributed by atoms with Crippen molar-refractivity contribution in [2.24, 2.45) is 4.99 Å². The second-order valence-electron chi connectivity index (χ2n) is 5.23. The molecule has 2 aromatic rings. The van der Waals surface area contributed by atoms with Crippen LogP contribution in [0.5, 0.6) is 0 Å². The topological polar surface area (TPSA) is 65.0 Å². The molecular weight excluding hydrogens is 318 g/mol. The number of nitrogens with zero attached hydrogens (tertiary/aromatic N) is 1. The molecule has 0 amide bonds. The van der Waals surface area contributed by atoms with Crippen LogP contribution < -0.4 is 0 Å². The van der Waals surface area contributed by atoms with Gasteiger partial charge >= 0.3 is 11.9 Å². The summed E-state index contributed by atoms with van der Waals surface area (Å²) in [7, 11) is 0. The van der Waals surface area contributed by atoms with Crippen LogP contribution in [0.25, 0.3) is 0 Å². The largest absolute Gasteiger partial charge is 0.462 e. The number of rotatable bonds is 6. The molecular formula is C20H21NO4. The van der Waals surface area contributed by atoms with E-state index in [1.165, 1.54) is 0 Å². The third-order valence-electron chi connectivity index (χ3n) is 3.49. The number of carbonyl (C=O) groups excluding carboxylic acids is 2. The van der Waals surface area contributed by atoms with Crippen molar-refractivity contribution in [3.8, 4) is 0 Å². The monoisotopic (exact) mass is 339 g/mol. The molecule has 0 unspecified atom stereocenters. The summed E-state index contributed by atoms with van der Waals surface area (Å²) in [4.78, 5) is 28.3. The van der Waals surface area contributed by atoms with Gasteiger partial charge in [-0.15, -0.1) is 0 Å². The maximum Gasteiger partial charge on any atom is 0.338 e. The summed E-state index contributed by atoms with van der Waals surface area (Å²) >= 11 is 0. The van der Waals surface area contributed by atoms with Crippen molar-refractivity contribution in [3.05, 3.63) is 65.2 Å². The van der Waals surface area contributed by atoms with Gasteiger partial charge in [0.1, 0.15) is 0 Å². The Labute approximate surface area is 147 Å². The maximum atomic E-state index is 12.1. The summed E-state index contributed by atoms with van der Waals surface area (Å²) in [6.45, 7) is 6.02. The van der Waals surface area contributed by atoms with Gasteiger partial charge in [-0.05, 0) is 51.1 Å². The van der Waals surface area contributed by atoms with Gasteiger partial charge in [0, 0.05) is 11.3 Å². The molecule has 0 N–H and O–H groups in total. The normalized spacial score (nSPS) is 11.1. The molecule has 0 bridgehead atoms. The number of benzene rings is 2. The van der Waals surface area contributed by atoms with Crippen molar-refractivity contribution in [1.82, 2.24) is 0 Å². The van der Waals surface area contributed by atoms with Crippen LogP contribution in [0.2, 0.25) is 0 Å². The predicted molar refractivity (Wildman–Crippen MR) is 96.7 cm³/mol. The minimum Gasteiger partial charge on any atom is -0.462 e. The van der Waals surface area contributed by atoms with Crippen molar-refractivity contribution in [1.29, 1.82) is 0 Å². The van der Waals surface area contributed by atoms with E-state index in [1.807, 2.05) is 19.1 Å². The van der Waals surface area contributed by atoms with Crippen molar-refractivity contribution in [2.75, 3.05) is 13.2 Å². The van der Waals surface area contributed by atoms with Crippen LogP contribution in [0, 0.1) is 0 Å². The highest BCUT2D eigenvalue weighted by Crippen LogP contribution is 2.18. The molecule has 0 fully saturated rings. The van der Waals surface area contributed by atoms with E-state index < -0.39 is 0 Å². The lowest BCUT2D eigenvalue weighted by Crippen LogP contribution is -2.10. The summed E-state index contributed by atoms with van der Waals surface area (Å²) in [6, 6.07) is 14.0. The van der Waals surface area contributed by atoms with Crippen LogP contribution in [-0.4, -0.2) is 30.9 Å². The average Bonchev–Trinajstić information content (AvgIpc) is 2.62. The molecule has 25 heavy (non-hydrogen) atoms. The van der Waals surface area contributed by atoms with Gasteiger partial charge < -0.3 is 9.47 Å². The molecule has 0 radical (unpaired) electrons. The van der Waals surface area contributed by atoms with E-state index in [2.05, 4.69) is 4.99 Å². The fourth-order valence-corrected chi connectivity index (χ4v) is 2.33. The smallest absolute Gasteiger partial charge is 0.338 e. The Bertz CT molecular complexity index is 779. The first kappa shape index (κ1) is 18.4. The molecule has 0 atom stereocenters. The zero-order valence-corrected chi connectivity index (χ0v) is 14.6. The van der Waals surface area contributed by atoms with Crippen LogP contribution in [0.3, 0.4) is 0 Å². The van der Waals surface area contributed by atoms with E-state index in [4.69, 9.17) is 9.47 Å². The molecule has 2 aromatic carbocycles. The highest BCUT2D eigenvalue weighted by molar-refractivity contribution is 6.08. The van der Waals surface area contributed by atoms with Crippen molar-refractivity contribution in [2.45, 2.75) is 20.8 Å². The molecule has 5 nitrogen and oxygen atoms in total. The Kier molecular flexibility index (Phi) is 6.46. The van der Waals surface area contributed by atoms with Gasteiger partial charge in [-0.25, -0.2) is 9.59 Å². The summed E-state index contributed by atoms with van der Waals surface area (Å²) in [5, 5.41) is 0. The van der Waals surface area contributed by atoms with Crippen LogP contribution in [0.1, 0.15) is 47.1 Å². The number of ether oxygens (including phenoxy) is 2. The van der Waals surface area contributed by atoms with E-state index in [9.17, 15) is 9.59 Å². The third-order valence-corrected chi connectivity index (χ3v) is 3.49. The highest BCUT2D eigenvalue weighted by atomic mass is 16.5. The zero-order chi connectivity index (χ0) is 18.2. The molecule has 0 saturated heterocycles. The number of hydrogen-bond acceptors (Lipinski definition) is 5. The molecule has 0 heterocycles. The first-order valence-corrected chi connectivity index (χ1v) is 8.15. The molecule has 0 aliphatic rings. The Morgan fingerprint density at radius 3 is 2.00 bits per heavy atom. The first-order valence-electron chi connectivity index (χ1n) is 8.15. The summed E-state index contributed by atoms with van der Waals surface area (Å²) < 4.78 is 10.0. The van der Waals surface area contributed by atoms with Gasteiger partial charge in [0.2, 0.25) is 0 Å². The molecule has 2 rings (SSSR count). The van der Waals surface area contributed by atoms with Crippen molar-refractivity contribution in [3.63, 3.8) is 0 Å². The molecule has 0 aliphatic heterocycles. The number of hydrogen-bond donors (Lipinski definition) is 0. The van der Waals surface area contributed by atoms with Gasteiger partial charge in [0.15, 0.2) is 0 Å². The second-order valence-corrected chi connectivity index (χ2v) is 5.23. The molecule has 5 heteroatoms. The van der Waals surface area contributed by atoms with Gasteiger partial charge in [0.05, 0.1) is 30.0 Å². The van der Waals surface area contributed by atoms with Gasteiger partial charge in [0.25, 0.3) is 0 Å². The second kappa shape index (κ2) is 8.78. The van der Waals surface area contributed by atoms with E-state index >= 15 is 0 Å². The van der Waals surface area contributed by atoms with E-state index in [-0.39, 0.29) is 11.9 Å². The minimum atomic E-state index is -0.370. The Morgan fingerprint density at radius 2 is 1.40 bits per heavy atom. The zero-order valence-electron chi connectivity index (χ0n) is 14.6. The highest BCUT2D eigenvalue weighted by Gasteiger charge is 2.13. The summed E-state index contributed by atoms with van der Waals surface area (Å²) in [6.07, 6.45) is 0. The molecule has 0 aromatic heterocycles. The third kappa shape index (κ3) is 4.76. The van der Waals surface area contributed by atoms with Crippen LogP contribution in [0.4, 0.5) is 5.69 Å². The number of aliphatic imine (C=N–C) groups is 1. The standard InChI is InChI=1S/C20H21NO4/c1-4-24-19(22)15-10-12-16(13-11-15)21-14(3)17-8-6-7-9-18(17)20(23)25-5-2/h6-13H,4-5H2,1-3H3/b21-14+. The van der Waals surface area contributed by atoms with Gasteiger partial charge in [-0.1, -0.05) is 18.2 Å². The molecule has 130 valence electrons. The van der Waals surface area contributed by atoms with Crippen molar-refractivity contribution < 1.29 is 19.1 Å². The Morgan fingerprint density at radius 1 is 0.840 bits per heavy atom. The minimum absolute atomic E-state index is 0.318. The van der Waals surface area contributed by atoms with Crippen LogP contribution in [-0.2, 0) is 9.47 Å². The Balaban J connectivity index is 2.27. The number of carbonyl (C=O) groups is 2. The quantitative estimate of drug-likeness (QED) is 0.585. The van der Waals surface area contributed by atoms with Crippen molar-refractivity contribution >= 4 is 23.3 Å². The van der Waals surface area contributed by atoms with E-state index in [1.54, 1.807) is 50.2 Å². The molecule has 0 spiro atoms. The van der Waals surface area contributed by atoms with Gasteiger partial charge in [-0.3, -0.25) is 4.99 Å². The lowest BCUT2D eigenvalue weighted by Gasteiger charge is -2.08. The lowest BCUT2D eigenvalue weighted by atomic mass is 10.0. The number of esters is 2. The summed E-state index contributed by atoms with van der Waals surface area (Å²) in [5.74, 6) is -0.729. The Hall–Kier alpha value is -2.95. The average molecular weight is 339 g/mol. The first-order chi connectivity index (χ1) is 12.1. The van der Waals surface area contributed by atoms with E-state index in [0.29, 0.717) is 35.7 Å². The summed E-state index contributed by atoms with van der Waals surface area (Å²) in [5.41, 5.74) is 3.05. The van der Waals surface area contributed by atoms with Crippen LogP contribution >= 0.6 is 0 Å².